The van der Waals surface area contributed by atoms with Crippen LogP contribution in [-0.2, 0) is 24.8 Å². The SMILES string of the molecule is CC(C)(C)OC(=O)CC1=N[C@](CF)(c2nc(Br)ccc2F)C[S@@]2(=O)=NCCC[C@]12C. The number of fused-ring (bicyclic) bond motifs is 1. The van der Waals surface area contributed by atoms with Crippen LogP contribution in [0.5, 0.6) is 0 Å². The van der Waals surface area contributed by atoms with Gasteiger partial charge >= 0.3 is 5.97 Å². The summed E-state index contributed by atoms with van der Waals surface area (Å²) in [5, 5.41) is 0. The fourth-order valence-electron chi connectivity index (χ4n) is 3.93. The van der Waals surface area contributed by atoms with Crippen molar-refractivity contribution in [2.45, 2.75) is 62.8 Å². The molecule has 1 aromatic rings. The molecule has 3 rings (SSSR count). The summed E-state index contributed by atoms with van der Waals surface area (Å²) >= 11 is 3.18. The summed E-state index contributed by atoms with van der Waals surface area (Å²) in [6.07, 6.45) is 0.901. The zero-order chi connectivity index (χ0) is 22.4. The van der Waals surface area contributed by atoms with E-state index in [-0.39, 0.29) is 23.6 Å². The van der Waals surface area contributed by atoms with E-state index in [9.17, 15) is 17.8 Å². The van der Waals surface area contributed by atoms with Gasteiger partial charge in [-0.1, -0.05) is 0 Å². The molecule has 0 amide bonds. The summed E-state index contributed by atoms with van der Waals surface area (Å²) in [5.74, 6) is -1.60. The van der Waals surface area contributed by atoms with Crippen LogP contribution in [0.15, 0.2) is 26.1 Å². The fourth-order valence-corrected chi connectivity index (χ4v) is 7.24. The zero-order valence-corrected chi connectivity index (χ0v) is 19.9. The number of aliphatic imine (C=N–C) groups is 1. The quantitative estimate of drug-likeness (QED) is 0.449. The molecular formula is C20H26BrF2N3O3S. The minimum atomic E-state index is -3.04. The first-order valence-corrected chi connectivity index (χ1v) is 12.2. The first kappa shape index (κ1) is 23.2. The largest absolute Gasteiger partial charge is 0.460 e. The first-order valence-electron chi connectivity index (χ1n) is 9.74. The Morgan fingerprint density at radius 3 is 2.70 bits per heavy atom. The Balaban J connectivity index is 2.20. The van der Waals surface area contributed by atoms with E-state index in [2.05, 4.69) is 30.3 Å². The Morgan fingerprint density at radius 1 is 1.37 bits per heavy atom. The molecule has 0 fully saturated rings. The molecule has 0 aliphatic carbocycles. The Kier molecular flexibility index (Phi) is 6.14. The third-order valence-corrected chi connectivity index (χ3v) is 9.17. The van der Waals surface area contributed by atoms with Crippen LogP contribution in [0.3, 0.4) is 0 Å². The number of halogens is 3. The summed E-state index contributed by atoms with van der Waals surface area (Å²) in [4.78, 5) is 21.3. The minimum Gasteiger partial charge on any atom is -0.460 e. The van der Waals surface area contributed by atoms with E-state index in [0.29, 0.717) is 24.0 Å². The van der Waals surface area contributed by atoms with Gasteiger partial charge in [0.1, 0.15) is 33.9 Å². The van der Waals surface area contributed by atoms with Gasteiger partial charge in [0.25, 0.3) is 0 Å². The lowest BCUT2D eigenvalue weighted by atomic mass is 9.91. The standard InChI is InChI=1S/C20H26BrF2N3O3S/c1-18(2,3)29-16(27)10-14-19(4)8-5-9-24-30(19,28)12-20(11-22,26-14)17-13(23)6-7-15(21)25-17/h6-7H,5,8-12H2,1-4H3/t19-,20+,30+/m1/s1. The van der Waals surface area contributed by atoms with Gasteiger partial charge in [-0.25, -0.2) is 22.3 Å². The van der Waals surface area contributed by atoms with Gasteiger partial charge < -0.3 is 4.74 Å². The lowest BCUT2D eigenvalue weighted by Crippen LogP contribution is -2.57. The average molecular weight is 506 g/mol. The van der Waals surface area contributed by atoms with Crippen LogP contribution in [-0.4, -0.2) is 50.2 Å². The number of nitrogens with zero attached hydrogens (tertiary/aromatic N) is 3. The molecule has 0 bridgehead atoms. The van der Waals surface area contributed by atoms with Crippen LogP contribution in [0.25, 0.3) is 0 Å². The summed E-state index contributed by atoms with van der Waals surface area (Å²) in [6.45, 7) is 6.20. The summed E-state index contributed by atoms with van der Waals surface area (Å²) < 4.78 is 52.3. The fraction of sp³-hybridized carbons (Fsp3) is 0.650. The van der Waals surface area contributed by atoms with E-state index in [1.54, 1.807) is 27.7 Å². The molecule has 3 atom stereocenters. The molecule has 0 unspecified atom stereocenters. The van der Waals surface area contributed by atoms with Crippen molar-refractivity contribution < 1.29 is 22.5 Å². The highest BCUT2D eigenvalue weighted by Gasteiger charge is 2.54. The first-order chi connectivity index (χ1) is 13.8. The van der Waals surface area contributed by atoms with E-state index in [1.165, 1.54) is 6.07 Å². The van der Waals surface area contributed by atoms with Gasteiger partial charge in [-0.3, -0.25) is 9.79 Å². The molecule has 6 nitrogen and oxygen atoms in total. The second-order valence-electron chi connectivity index (χ2n) is 8.92. The van der Waals surface area contributed by atoms with Crippen molar-refractivity contribution in [1.29, 1.82) is 0 Å². The summed E-state index contributed by atoms with van der Waals surface area (Å²) in [6, 6.07) is 2.55. The van der Waals surface area contributed by atoms with Crippen LogP contribution in [0.2, 0.25) is 0 Å². The predicted octanol–water partition coefficient (Wildman–Crippen LogP) is 4.35. The van der Waals surface area contributed by atoms with Gasteiger partial charge in [-0.05, 0) is 68.6 Å². The molecule has 3 heterocycles. The Bertz CT molecular complexity index is 1020. The molecule has 0 radical (unpaired) electrons. The molecule has 1 aromatic heterocycles. The third kappa shape index (κ3) is 4.17. The summed E-state index contributed by atoms with van der Waals surface area (Å²) in [7, 11) is -3.04. The second-order valence-corrected chi connectivity index (χ2v) is 12.5. The number of rotatable bonds is 4. The molecule has 2 aliphatic rings. The van der Waals surface area contributed by atoms with Crippen LogP contribution in [0, 0.1) is 5.82 Å². The van der Waals surface area contributed by atoms with Crippen molar-refractivity contribution in [2.75, 3.05) is 19.0 Å². The third-order valence-electron chi connectivity index (χ3n) is 5.42. The summed E-state index contributed by atoms with van der Waals surface area (Å²) in [5.41, 5.74) is -2.55. The molecule has 166 valence electrons. The monoisotopic (exact) mass is 505 g/mol. The second kappa shape index (κ2) is 7.93. The topological polar surface area (TPSA) is 81.0 Å². The van der Waals surface area contributed by atoms with Crippen molar-refractivity contribution in [2.24, 2.45) is 9.36 Å². The molecule has 0 saturated carbocycles. The van der Waals surface area contributed by atoms with Gasteiger partial charge in [0.05, 0.1) is 26.6 Å². The predicted molar refractivity (Wildman–Crippen MR) is 115 cm³/mol. The van der Waals surface area contributed by atoms with E-state index in [4.69, 9.17) is 4.74 Å². The van der Waals surface area contributed by atoms with E-state index in [1.807, 2.05) is 0 Å². The molecule has 0 aromatic carbocycles. The van der Waals surface area contributed by atoms with Crippen LogP contribution in [0.4, 0.5) is 8.78 Å². The number of ether oxygens (including phenoxy) is 1. The van der Waals surface area contributed by atoms with Gasteiger partial charge in [-0.15, -0.1) is 0 Å². The maximum Gasteiger partial charge on any atom is 0.312 e. The highest BCUT2D eigenvalue weighted by Crippen LogP contribution is 2.44. The number of carbonyl (C=O) groups is 1. The Labute approximate surface area is 184 Å². The Hall–Kier alpha value is -1.42. The van der Waals surface area contributed by atoms with Gasteiger partial charge in [0, 0.05) is 12.3 Å². The molecule has 0 saturated heterocycles. The number of hydrogen-bond donors (Lipinski definition) is 0. The molecular weight excluding hydrogens is 480 g/mol. The number of aromatic nitrogens is 1. The van der Waals surface area contributed by atoms with Crippen molar-refractivity contribution >= 4 is 37.3 Å². The average Bonchev–Trinajstić information content (AvgIpc) is 2.63. The maximum atomic E-state index is 14.7. The zero-order valence-electron chi connectivity index (χ0n) is 17.5. The van der Waals surface area contributed by atoms with Crippen molar-refractivity contribution in [3.8, 4) is 0 Å². The van der Waals surface area contributed by atoms with E-state index in [0.717, 1.165) is 6.07 Å². The molecule has 0 spiro atoms. The van der Waals surface area contributed by atoms with Crippen molar-refractivity contribution in [3.05, 3.63) is 28.2 Å². The van der Waals surface area contributed by atoms with Crippen LogP contribution >= 0.6 is 15.9 Å². The van der Waals surface area contributed by atoms with Crippen molar-refractivity contribution in [3.63, 3.8) is 0 Å². The number of alkyl halides is 1. The number of carbonyl (C=O) groups excluding carboxylic acids is 1. The van der Waals surface area contributed by atoms with Crippen molar-refractivity contribution in [1.82, 2.24) is 4.98 Å². The molecule has 30 heavy (non-hydrogen) atoms. The number of esters is 1. The number of hydrogen-bond acceptors (Lipinski definition) is 6. The molecule has 10 heteroatoms. The normalized spacial score (nSPS) is 31.4. The van der Waals surface area contributed by atoms with Gasteiger partial charge in [-0.2, -0.15) is 0 Å². The number of pyridine rings is 1. The maximum absolute atomic E-state index is 14.7. The lowest BCUT2D eigenvalue weighted by Gasteiger charge is -2.45. The highest BCUT2D eigenvalue weighted by atomic mass is 79.9. The Morgan fingerprint density at radius 2 is 2.07 bits per heavy atom. The molecule has 2 aliphatic heterocycles. The highest BCUT2D eigenvalue weighted by molar-refractivity contribution is 9.10. The van der Waals surface area contributed by atoms with Crippen LogP contribution < -0.4 is 0 Å². The van der Waals surface area contributed by atoms with Crippen LogP contribution in [0.1, 0.15) is 52.7 Å². The smallest absolute Gasteiger partial charge is 0.312 e. The van der Waals surface area contributed by atoms with Gasteiger partial charge in [0.15, 0.2) is 0 Å². The lowest BCUT2D eigenvalue weighted by molar-refractivity contribution is -0.153. The minimum absolute atomic E-state index is 0.232. The van der Waals surface area contributed by atoms with E-state index >= 15 is 0 Å². The van der Waals surface area contributed by atoms with Gasteiger partial charge in [0.2, 0.25) is 0 Å². The van der Waals surface area contributed by atoms with E-state index < -0.39 is 44.1 Å². The molecule has 0 N–H and O–H groups in total.